The Morgan fingerprint density at radius 2 is 1.93 bits per heavy atom. The van der Waals surface area contributed by atoms with Crippen LogP contribution in [-0.4, -0.2) is 23.0 Å². The Hall–Kier alpha value is -3.12. The predicted octanol–water partition coefficient (Wildman–Crippen LogP) is 5.24. The molecule has 0 amide bonds. The molecule has 0 fully saturated rings. The number of nitrogens with zero attached hydrogens (tertiary/aromatic N) is 1. The smallest absolute Gasteiger partial charge is 0.336 e. The van der Waals surface area contributed by atoms with Crippen LogP contribution in [-0.2, 0) is 4.79 Å². The van der Waals surface area contributed by atoms with Crippen molar-refractivity contribution >= 4 is 34.8 Å². The number of hydrogen-bond acceptors (Lipinski definition) is 4. The van der Waals surface area contributed by atoms with Crippen LogP contribution in [0.2, 0.25) is 0 Å². The van der Waals surface area contributed by atoms with Crippen LogP contribution in [0.15, 0.2) is 92.7 Å². The standard InChI is InChI=1S/C22H15FN2O2S/c23-13-6-7-16-14(10-13)15(22(26)27)11-18(24-16)12-5-8-21-19(9-12)25-17-3-1-2-4-20(17)28-21/h1-11,13,18,25H,(H,26,27). The van der Waals surface area contributed by atoms with Crippen LogP contribution in [0.25, 0.3) is 0 Å². The highest BCUT2D eigenvalue weighted by atomic mass is 32.2. The number of halogens is 1. The van der Waals surface area contributed by atoms with Crippen LogP contribution in [0.4, 0.5) is 15.8 Å². The maximum Gasteiger partial charge on any atom is 0.336 e. The van der Waals surface area contributed by atoms with Crippen LogP contribution < -0.4 is 5.32 Å². The maximum atomic E-state index is 13.7. The fraction of sp³-hybridized carbons (Fsp3) is 0.0909. The van der Waals surface area contributed by atoms with Crippen molar-refractivity contribution in [2.45, 2.75) is 22.0 Å². The van der Waals surface area contributed by atoms with Crippen molar-refractivity contribution < 1.29 is 14.3 Å². The van der Waals surface area contributed by atoms with Crippen molar-refractivity contribution in [3.63, 3.8) is 0 Å². The number of allylic oxidation sites excluding steroid dienone is 3. The first-order valence-electron chi connectivity index (χ1n) is 8.84. The second-order valence-corrected chi connectivity index (χ2v) is 7.79. The van der Waals surface area contributed by atoms with E-state index < -0.39 is 18.2 Å². The largest absolute Gasteiger partial charge is 0.478 e. The molecule has 0 saturated carbocycles. The normalized spacial score (nSPS) is 22.0. The summed E-state index contributed by atoms with van der Waals surface area (Å²) < 4.78 is 13.7. The van der Waals surface area contributed by atoms with E-state index >= 15 is 0 Å². The van der Waals surface area contributed by atoms with Crippen LogP contribution in [0.1, 0.15) is 11.6 Å². The van der Waals surface area contributed by atoms with E-state index in [0.717, 1.165) is 26.7 Å². The Labute approximate surface area is 165 Å². The van der Waals surface area contributed by atoms with Gasteiger partial charge in [0, 0.05) is 15.4 Å². The van der Waals surface area contributed by atoms with Crippen molar-refractivity contribution in [2.75, 3.05) is 5.32 Å². The molecule has 138 valence electrons. The molecule has 0 bridgehead atoms. The summed E-state index contributed by atoms with van der Waals surface area (Å²) in [5.41, 5.74) is 3.84. The van der Waals surface area contributed by atoms with Gasteiger partial charge >= 0.3 is 5.97 Å². The molecule has 2 unspecified atom stereocenters. The van der Waals surface area contributed by atoms with Crippen molar-refractivity contribution in [1.29, 1.82) is 0 Å². The lowest BCUT2D eigenvalue weighted by molar-refractivity contribution is -0.132. The number of fused-ring (bicyclic) bond motifs is 3. The summed E-state index contributed by atoms with van der Waals surface area (Å²) in [6.07, 6.45) is 4.54. The molecule has 2 aromatic rings. The third-order valence-corrected chi connectivity index (χ3v) is 6.04. The van der Waals surface area contributed by atoms with Crippen LogP contribution in [0, 0.1) is 0 Å². The predicted molar refractivity (Wildman–Crippen MR) is 108 cm³/mol. The molecule has 2 aliphatic heterocycles. The fourth-order valence-corrected chi connectivity index (χ4v) is 4.51. The number of para-hydroxylation sites is 1. The molecule has 28 heavy (non-hydrogen) atoms. The average Bonchev–Trinajstić information content (AvgIpc) is 2.71. The number of hydrogen-bond donors (Lipinski definition) is 2. The van der Waals surface area contributed by atoms with Gasteiger partial charge in [0.25, 0.3) is 0 Å². The summed E-state index contributed by atoms with van der Waals surface area (Å²) in [6.45, 7) is 0. The zero-order chi connectivity index (χ0) is 19.3. The Balaban J connectivity index is 1.54. The minimum absolute atomic E-state index is 0.0902. The molecule has 0 spiro atoms. The van der Waals surface area contributed by atoms with E-state index in [1.807, 2.05) is 36.4 Å². The van der Waals surface area contributed by atoms with Gasteiger partial charge in [-0.1, -0.05) is 30.0 Å². The van der Waals surface area contributed by atoms with Gasteiger partial charge in [0.1, 0.15) is 6.17 Å². The molecule has 2 atom stereocenters. The van der Waals surface area contributed by atoms with Gasteiger partial charge in [0.15, 0.2) is 0 Å². The van der Waals surface area contributed by atoms with Gasteiger partial charge in [-0.25, -0.2) is 9.18 Å². The Morgan fingerprint density at radius 3 is 2.79 bits per heavy atom. The van der Waals surface area contributed by atoms with E-state index in [0.29, 0.717) is 11.3 Å². The van der Waals surface area contributed by atoms with Gasteiger partial charge < -0.3 is 10.4 Å². The molecule has 2 aromatic carbocycles. The molecule has 4 nitrogen and oxygen atoms in total. The average molecular weight is 390 g/mol. The lowest BCUT2D eigenvalue weighted by Crippen LogP contribution is -2.20. The number of alkyl halides is 1. The first-order chi connectivity index (χ1) is 13.6. The second-order valence-electron chi connectivity index (χ2n) is 6.71. The van der Waals surface area contributed by atoms with Gasteiger partial charge in [0.05, 0.1) is 28.7 Å². The number of aliphatic imine (C=N–C) groups is 1. The zero-order valence-corrected chi connectivity index (χ0v) is 15.4. The molecule has 0 aromatic heterocycles. The summed E-state index contributed by atoms with van der Waals surface area (Å²) in [5, 5.41) is 13.0. The molecular weight excluding hydrogens is 375 g/mol. The highest BCUT2D eigenvalue weighted by molar-refractivity contribution is 7.99. The summed E-state index contributed by atoms with van der Waals surface area (Å²) in [6, 6.07) is 13.6. The minimum Gasteiger partial charge on any atom is -0.478 e. The molecule has 0 radical (unpaired) electrons. The lowest BCUT2D eigenvalue weighted by Gasteiger charge is -2.25. The number of rotatable bonds is 2. The van der Waals surface area contributed by atoms with E-state index in [4.69, 9.17) is 0 Å². The number of nitrogens with one attached hydrogen (secondary N) is 1. The summed E-state index contributed by atoms with van der Waals surface area (Å²) >= 11 is 1.69. The van der Waals surface area contributed by atoms with Gasteiger partial charge in [-0.15, -0.1) is 0 Å². The minimum atomic E-state index is -1.29. The van der Waals surface area contributed by atoms with Gasteiger partial charge in [-0.2, -0.15) is 0 Å². The molecule has 0 saturated heterocycles. The van der Waals surface area contributed by atoms with Crippen molar-refractivity contribution in [1.82, 2.24) is 0 Å². The third-order valence-electron chi connectivity index (χ3n) is 4.88. The Morgan fingerprint density at radius 1 is 1.11 bits per heavy atom. The first kappa shape index (κ1) is 17.0. The van der Waals surface area contributed by atoms with Gasteiger partial charge in [-0.3, -0.25) is 4.99 Å². The second kappa shape index (κ2) is 6.49. The highest BCUT2D eigenvalue weighted by Crippen LogP contribution is 2.45. The van der Waals surface area contributed by atoms with Crippen LogP contribution in [0.5, 0.6) is 0 Å². The number of aliphatic carboxylic acids is 1. The number of carbonyl (C=O) groups is 1. The van der Waals surface area contributed by atoms with Crippen molar-refractivity contribution in [3.8, 4) is 0 Å². The number of anilines is 2. The maximum absolute atomic E-state index is 13.7. The Bertz CT molecular complexity index is 1130. The number of benzene rings is 2. The molecule has 1 aliphatic carbocycles. The van der Waals surface area contributed by atoms with E-state index in [-0.39, 0.29) is 5.57 Å². The summed E-state index contributed by atoms with van der Waals surface area (Å²) in [7, 11) is 0. The lowest BCUT2D eigenvalue weighted by atomic mass is 9.89. The third kappa shape index (κ3) is 2.86. The van der Waals surface area contributed by atoms with Crippen LogP contribution >= 0.6 is 11.8 Å². The molecule has 6 heteroatoms. The van der Waals surface area contributed by atoms with Gasteiger partial charge in [-0.05, 0) is 54.1 Å². The van der Waals surface area contributed by atoms with E-state index in [1.54, 1.807) is 23.9 Å². The quantitative estimate of drug-likeness (QED) is 0.629. The fourth-order valence-electron chi connectivity index (χ4n) is 3.55. The van der Waals surface area contributed by atoms with E-state index in [9.17, 15) is 14.3 Å². The topological polar surface area (TPSA) is 61.7 Å². The summed E-state index contributed by atoms with van der Waals surface area (Å²) in [5.74, 6) is -1.08. The van der Waals surface area contributed by atoms with E-state index in [2.05, 4.69) is 16.4 Å². The first-order valence-corrected chi connectivity index (χ1v) is 9.66. The van der Waals surface area contributed by atoms with E-state index in [1.165, 1.54) is 12.2 Å². The molecule has 3 aliphatic rings. The van der Waals surface area contributed by atoms with Gasteiger partial charge in [0.2, 0.25) is 0 Å². The van der Waals surface area contributed by atoms with Crippen molar-refractivity contribution in [2.24, 2.45) is 4.99 Å². The molecule has 2 N–H and O–H groups in total. The number of carboxylic acids is 1. The molecular formula is C22H15FN2O2S. The monoisotopic (exact) mass is 390 g/mol. The summed E-state index contributed by atoms with van der Waals surface area (Å²) in [4.78, 5) is 18.7. The SMILES string of the molecule is O=C(O)C1=CC(c2ccc3c(c2)Nc2ccccc2S3)N=C2C=CC(F)C=C12. The van der Waals surface area contributed by atoms with Crippen LogP contribution in [0.3, 0.4) is 0 Å². The number of dihydropyridines is 1. The molecule has 2 heterocycles. The van der Waals surface area contributed by atoms with Crippen molar-refractivity contribution in [3.05, 3.63) is 83.5 Å². The zero-order valence-electron chi connectivity index (χ0n) is 14.6. The molecule has 5 rings (SSSR count). The highest BCUT2D eigenvalue weighted by Gasteiger charge is 2.28. The number of carboxylic acid groups (broad SMARTS) is 1. The Kier molecular flexibility index (Phi) is 3.94.